The lowest BCUT2D eigenvalue weighted by Gasteiger charge is -2.28. The van der Waals surface area contributed by atoms with Gasteiger partial charge in [-0.05, 0) is 85.5 Å². The van der Waals surface area contributed by atoms with Crippen molar-refractivity contribution in [3.63, 3.8) is 0 Å². The minimum atomic E-state index is -1.17. The molecule has 14 nitrogen and oxygen atoms in total. The maximum atomic E-state index is 13.4. The number of likely N-dealkylation sites (tertiary alicyclic amines) is 2. The van der Waals surface area contributed by atoms with Gasteiger partial charge in [0.15, 0.2) is 0 Å². The summed E-state index contributed by atoms with van der Waals surface area (Å²) < 4.78 is 0. The maximum Gasteiger partial charge on any atom is 0.405 e. The van der Waals surface area contributed by atoms with Crippen molar-refractivity contribution in [2.24, 2.45) is 11.8 Å². The zero-order valence-electron chi connectivity index (χ0n) is 28.6. The van der Waals surface area contributed by atoms with E-state index in [1.807, 2.05) is 24.3 Å². The normalized spacial score (nSPS) is 21.2. The number of aromatic amines is 2. The predicted molar refractivity (Wildman–Crippen MR) is 190 cm³/mol. The first-order chi connectivity index (χ1) is 25.2. The van der Waals surface area contributed by atoms with Crippen LogP contribution in [0.3, 0.4) is 0 Å². The SMILES string of the molecule is O=C(O)N[C@@H](C(=O)N1CCC[C@@H]1c1ncc(-c2ccc(-c3ccc(-c4cnc([C@H]5CCCN5C(=O)[C@H](NC(=O)O)C5CC5)[nH]4)cc3)cc2)[nH]1)C1CC1. The third-order valence-corrected chi connectivity index (χ3v) is 10.9. The van der Waals surface area contributed by atoms with Crippen molar-refractivity contribution in [2.45, 2.75) is 75.5 Å². The zero-order chi connectivity index (χ0) is 35.9. The molecule has 8 rings (SSSR count). The number of hydrogen-bond acceptors (Lipinski definition) is 6. The Morgan fingerprint density at radius 1 is 0.596 bits per heavy atom. The van der Waals surface area contributed by atoms with Crippen LogP contribution in [0, 0.1) is 11.8 Å². The summed E-state index contributed by atoms with van der Waals surface area (Å²) in [5.41, 5.74) is 5.71. The second-order valence-corrected chi connectivity index (χ2v) is 14.4. The number of nitrogens with one attached hydrogen (secondary N) is 4. The van der Waals surface area contributed by atoms with Crippen LogP contribution >= 0.6 is 0 Å². The highest BCUT2D eigenvalue weighted by Crippen LogP contribution is 2.39. The number of carbonyl (C=O) groups is 4. The number of carboxylic acid groups (broad SMARTS) is 2. The lowest BCUT2D eigenvalue weighted by Crippen LogP contribution is -2.49. The number of nitrogens with zero attached hydrogens (tertiary/aromatic N) is 4. The van der Waals surface area contributed by atoms with E-state index in [1.54, 1.807) is 22.2 Å². The standard InChI is InChI=1S/C38H42N8O6/c47-35(31(25-13-14-25)43-37(49)50)45-17-1-3-29(45)33-39-19-27(41-33)23-9-5-21(6-10-23)22-7-11-24(12-8-22)28-20-40-34(42-28)30-4-2-18-46(30)36(48)32(26-15-16-26)44-38(51)52/h5-12,19-20,25-26,29-32,43-44H,1-4,13-18H2,(H,39,41)(H,40,42)(H,49,50)(H,51,52)/t29-,30-,31-,32-/m1/s1. The molecule has 2 saturated carbocycles. The highest BCUT2D eigenvalue weighted by Gasteiger charge is 2.44. The molecule has 0 unspecified atom stereocenters. The Balaban J connectivity index is 0.917. The van der Waals surface area contributed by atoms with E-state index in [2.05, 4.69) is 54.8 Å². The molecule has 4 fully saturated rings. The summed E-state index contributed by atoms with van der Waals surface area (Å²) in [6, 6.07) is 14.5. The molecule has 4 heterocycles. The Labute approximate surface area is 300 Å². The van der Waals surface area contributed by atoms with Gasteiger partial charge in [0.25, 0.3) is 0 Å². The molecule has 4 aliphatic rings. The van der Waals surface area contributed by atoms with Gasteiger partial charge in [0.1, 0.15) is 23.7 Å². The smallest absolute Gasteiger partial charge is 0.405 e. The number of amides is 4. The molecular formula is C38H42N8O6. The molecule has 0 bridgehead atoms. The summed E-state index contributed by atoms with van der Waals surface area (Å²) in [5, 5.41) is 23.5. The number of rotatable bonds is 11. The number of imidazole rings is 2. The van der Waals surface area contributed by atoms with Crippen LogP contribution in [-0.4, -0.2) is 89.1 Å². The third-order valence-electron chi connectivity index (χ3n) is 10.9. The molecule has 2 aliphatic heterocycles. The Bertz CT molecular complexity index is 1820. The molecule has 4 amide bonds. The van der Waals surface area contributed by atoms with Crippen LogP contribution in [0.4, 0.5) is 9.59 Å². The summed E-state index contributed by atoms with van der Waals surface area (Å²) in [6.45, 7) is 1.15. The molecule has 4 aromatic rings. The molecular weight excluding hydrogens is 664 g/mol. The van der Waals surface area contributed by atoms with Crippen LogP contribution < -0.4 is 10.6 Å². The minimum absolute atomic E-state index is 0.0632. The first-order valence-corrected chi connectivity index (χ1v) is 18.1. The number of carbonyl (C=O) groups excluding carboxylic acids is 2. The average molecular weight is 707 g/mol. The highest BCUT2D eigenvalue weighted by atomic mass is 16.4. The van der Waals surface area contributed by atoms with Crippen molar-refractivity contribution in [3.8, 4) is 33.6 Å². The summed E-state index contributed by atoms with van der Waals surface area (Å²) in [5.74, 6) is 1.20. The van der Waals surface area contributed by atoms with E-state index in [0.29, 0.717) is 24.7 Å². The summed E-state index contributed by atoms with van der Waals surface area (Å²) in [4.78, 5) is 69.1. The molecule has 4 atom stereocenters. The van der Waals surface area contributed by atoms with Gasteiger partial charge in [-0.1, -0.05) is 48.5 Å². The summed E-state index contributed by atoms with van der Waals surface area (Å²) >= 11 is 0. The van der Waals surface area contributed by atoms with Gasteiger partial charge in [-0.3, -0.25) is 9.59 Å². The van der Waals surface area contributed by atoms with Crippen LogP contribution in [-0.2, 0) is 9.59 Å². The number of benzene rings is 2. The molecule has 2 aromatic heterocycles. The zero-order valence-corrected chi connectivity index (χ0v) is 28.6. The predicted octanol–water partition coefficient (Wildman–Crippen LogP) is 5.55. The van der Waals surface area contributed by atoms with Gasteiger partial charge in [-0.25, -0.2) is 19.6 Å². The molecule has 270 valence electrons. The second kappa shape index (κ2) is 13.8. The van der Waals surface area contributed by atoms with Gasteiger partial charge in [-0.2, -0.15) is 0 Å². The minimum Gasteiger partial charge on any atom is -0.465 e. The van der Waals surface area contributed by atoms with Crippen molar-refractivity contribution in [1.29, 1.82) is 0 Å². The van der Waals surface area contributed by atoms with Crippen molar-refractivity contribution >= 4 is 24.0 Å². The first-order valence-electron chi connectivity index (χ1n) is 18.1. The maximum absolute atomic E-state index is 13.4. The molecule has 2 aromatic carbocycles. The van der Waals surface area contributed by atoms with Gasteiger partial charge >= 0.3 is 12.2 Å². The lowest BCUT2D eigenvalue weighted by molar-refractivity contribution is -0.135. The van der Waals surface area contributed by atoms with Crippen LogP contribution in [0.15, 0.2) is 60.9 Å². The fourth-order valence-electron chi connectivity index (χ4n) is 7.86. The topological polar surface area (TPSA) is 197 Å². The molecule has 0 spiro atoms. The molecule has 0 radical (unpaired) electrons. The van der Waals surface area contributed by atoms with E-state index in [-0.39, 0.29) is 35.7 Å². The number of hydrogen-bond donors (Lipinski definition) is 6. The van der Waals surface area contributed by atoms with Crippen molar-refractivity contribution in [3.05, 3.63) is 72.6 Å². The third kappa shape index (κ3) is 6.84. The van der Waals surface area contributed by atoms with Crippen molar-refractivity contribution < 1.29 is 29.4 Å². The van der Waals surface area contributed by atoms with Crippen molar-refractivity contribution in [2.75, 3.05) is 13.1 Å². The van der Waals surface area contributed by atoms with Crippen LogP contribution in [0.1, 0.15) is 75.1 Å². The highest BCUT2D eigenvalue weighted by molar-refractivity contribution is 5.87. The molecule has 2 aliphatic carbocycles. The summed E-state index contributed by atoms with van der Waals surface area (Å²) in [6.07, 6.45) is 7.84. The van der Waals surface area contributed by atoms with Gasteiger partial charge in [0.05, 0.1) is 35.9 Å². The lowest BCUT2D eigenvalue weighted by atomic mass is 10.0. The van der Waals surface area contributed by atoms with E-state index in [9.17, 15) is 29.4 Å². The number of aromatic nitrogens is 4. The Kier molecular flexibility index (Phi) is 8.89. The molecule has 6 N–H and O–H groups in total. The van der Waals surface area contributed by atoms with Crippen LogP contribution in [0.5, 0.6) is 0 Å². The Morgan fingerprint density at radius 3 is 1.31 bits per heavy atom. The largest absolute Gasteiger partial charge is 0.465 e. The number of H-pyrrole nitrogens is 2. The first kappa shape index (κ1) is 33.5. The van der Waals surface area contributed by atoms with Gasteiger partial charge in [0.2, 0.25) is 11.8 Å². The summed E-state index contributed by atoms with van der Waals surface area (Å²) in [7, 11) is 0. The van der Waals surface area contributed by atoms with Crippen LogP contribution in [0.25, 0.3) is 33.6 Å². The monoisotopic (exact) mass is 706 g/mol. The van der Waals surface area contributed by atoms with Gasteiger partial charge in [-0.15, -0.1) is 0 Å². The Hall–Kier alpha value is -5.66. The van der Waals surface area contributed by atoms with E-state index < -0.39 is 24.3 Å². The van der Waals surface area contributed by atoms with E-state index in [0.717, 1.165) is 85.0 Å². The fraction of sp³-hybridized carbons (Fsp3) is 0.421. The van der Waals surface area contributed by atoms with Gasteiger partial charge < -0.3 is 40.6 Å². The second-order valence-electron chi connectivity index (χ2n) is 14.4. The fourth-order valence-corrected chi connectivity index (χ4v) is 7.86. The van der Waals surface area contributed by atoms with E-state index >= 15 is 0 Å². The van der Waals surface area contributed by atoms with Crippen LogP contribution in [0.2, 0.25) is 0 Å². The molecule has 52 heavy (non-hydrogen) atoms. The Morgan fingerprint density at radius 2 is 0.962 bits per heavy atom. The average Bonchev–Trinajstić information content (AvgIpc) is 3.87. The molecule has 2 saturated heterocycles. The quantitative estimate of drug-likeness (QED) is 0.117. The van der Waals surface area contributed by atoms with E-state index in [1.165, 1.54) is 0 Å². The molecule has 14 heteroatoms. The van der Waals surface area contributed by atoms with E-state index in [4.69, 9.17) is 0 Å². The van der Waals surface area contributed by atoms with Crippen molar-refractivity contribution in [1.82, 2.24) is 40.4 Å². The van der Waals surface area contributed by atoms with Gasteiger partial charge in [0, 0.05) is 13.1 Å².